The molecule has 84 valence electrons. The Bertz CT molecular complexity index is 352. The molecule has 2 nitrogen and oxygen atoms in total. The summed E-state index contributed by atoms with van der Waals surface area (Å²) in [5, 5.41) is 3.59. The van der Waals surface area contributed by atoms with Crippen molar-refractivity contribution in [1.82, 2.24) is 5.32 Å². The number of thiophene rings is 1. The fourth-order valence-electron chi connectivity index (χ4n) is 1.01. The molecule has 1 unspecified atom stereocenters. The number of hydrogen-bond acceptors (Lipinski definition) is 2. The quantitative estimate of drug-likeness (QED) is 0.832. The molecule has 0 saturated carbocycles. The van der Waals surface area contributed by atoms with Crippen molar-refractivity contribution in [2.45, 2.75) is 19.4 Å². The molecule has 1 N–H and O–H groups in total. The van der Waals surface area contributed by atoms with Crippen LogP contribution in [0.25, 0.3) is 0 Å². The molecule has 1 rings (SSSR count). The molecule has 1 heterocycles. The van der Waals surface area contributed by atoms with Crippen LogP contribution in [0.15, 0.2) is 6.07 Å². The van der Waals surface area contributed by atoms with E-state index in [1.165, 1.54) is 11.3 Å². The van der Waals surface area contributed by atoms with Gasteiger partial charge >= 0.3 is 0 Å². The first-order chi connectivity index (χ1) is 7.08. The molecule has 0 spiro atoms. The van der Waals surface area contributed by atoms with Gasteiger partial charge in [0.25, 0.3) is 5.91 Å². The van der Waals surface area contributed by atoms with Gasteiger partial charge in [-0.2, -0.15) is 0 Å². The first kappa shape index (κ1) is 13.3. The molecule has 1 atom stereocenters. The molecule has 0 aliphatic rings. The highest BCUT2D eigenvalue weighted by Crippen LogP contribution is 2.31. The molecule has 0 fully saturated rings. The van der Waals surface area contributed by atoms with Gasteiger partial charge in [-0.15, -0.1) is 11.3 Å². The van der Waals surface area contributed by atoms with E-state index in [0.29, 0.717) is 14.2 Å². The van der Waals surface area contributed by atoms with Crippen LogP contribution in [0.1, 0.15) is 23.7 Å². The van der Waals surface area contributed by atoms with Gasteiger partial charge in [0.05, 0.1) is 9.90 Å². The van der Waals surface area contributed by atoms with E-state index < -0.39 is 0 Å². The van der Waals surface area contributed by atoms with Gasteiger partial charge in [0.2, 0.25) is 0 Å². The van der Waals surface area contributed by atoms with Crippen LogP contribution < -0.4 is 5.32 Å². The van der Waals surface area contributed by atoms with Gasteiger partial charge in [-0.3, -0.25) is 4.79 Å². The molecule has 1 amide bonds. The van der Waals surface area contributed by atoms with Crippen LogP contribution in [-0.4, -0.2) is 17.3 Å². The minimum atomic E-state index is -0.172. The average molecular weight is 331 g/mol. The number of hydrogen-bond donors (Lipinski definition) is 1. The van der Waals surface area contributed by atoms with Crippen LogP contribution in [0.2, 0.25) is 8.67 Å². The van der Waals surface area contributed by atoms with E-state index in [9.17, 15) is 4.79 Å². The second kappa shape index (κ2) is 6.09. The zero-order chi connectivity index (χ0) is 11.4. The van der Waals surface area contributed by atoms with Gasteiger partial charge in [-0.1, -0.05) is 46.1 Å². The lowest BCUT2D eigenvalue weighted by Crippen LogP contribution is -2.35. The van der Waals surface area contributed by atoms with Gasteiger partial charge in [-0.05, 0) is 12.5 Å². The first-order valence-corrected chi connectivity index (χ1v) is 7.09. The number of amides is 1. The smallest absolute Gasteiger partial charge is 0.253 e. The molecule has 0 saturated heterocycles. The van der Waals surface area contributed by atoms with Crippen molar-refractivity contribution < 1.29 is 4.79 Å². The Morgan fingerprint density at radius 1 is 1.67 bits per heavy atom. The molecule has 1 aromatic rings. The molecule has 0 aliphatic carbocycles. The molecular formula is C9H10BrCl2NOS. The summed E-state index contributed by atoms with van der Waals surface area (Å²) in [6, 6.07) is 1.71. The lowest BCUT2D eigenvalue weighted by molar-refractivity contribution is 0.0941. The summed E-state index contributed by atoms with van der Waals surface area (Å²) in [5.41, 5.74) is 0.450. The number of alkyl halides is 1. The fraction of sp³-hybridized carbons (Fsp3) is 0.444. The van der Waals surface area contributed by atoms with Crippen molar-refractivity contribution in [3.8, 4) is 0 Å². The van der Waals surface area contributed by atoms with Crippen molar-refractivity contribution in [3.05, 3.63) is 20.3 Å². The Hall–Kier alpha value is 0.230. The monoisotopic (exact) mass is 329 g/mol. The molecule has 6 heteroatoms. The Labute approximate surface area is 111 Å². The molecule has 0 aliphatic heterocycles. The average Bonchev–Trinajstić information content (AvgIpc) is 2.54. The summed E-state index contributed by atoms with van der Waals surface area (Å²) in [6.07, 6.45) is 0.868. The van der Waals surface area contributed by atoms with Crippen LogP contribution in [0.4, 0.5) is 0 Å². The number of rotatable bonds is 4. The lowest BCUT2D eigenvalue weighted by Gasteiger charge is -2.13. The first-order valence-electron chi connectivity index (χ1n) is 4.40. The predicted molar refractivity (Wildman–Crippen MR) is 69.7 cm³/mol. The number of carbonyl (C=O) groups is 1. The summed E-state index contributed by atoms with van der Waals surface area (Å²) < 4.78 is 0.957. The number of nitrogens with one attached hydrogen (secondary N) is 1. The number of halogens is 3. The van der Waals surface area contributed by atoms with Crippen molar-refractivity contribution in [2.75, 3.05) is 5.33 Å². The standard InChI is InChI=1S/C9H10BrCl2NOS/c1-2-5(4-10)13-9(14)6-3-7(11)15-8(6)12/h3,5H,2,4H2,1H3,(H,13,14). The summed E-state index contributed by atoms with van der Waals surface area (Å²) in [6.45, 7) is 2.01. The molecule has 0 radical (unpaired) electrons. The normalized spacial score (nSPS) is 12.5. The Morgan fingerprint density at radius 2 is 2.33 bits per heavy atom. The van der Waals surface area contributed by atoms with Crippen LogP contribution in [0.5, 0.6) is 0 Å². The zero-order valence-electron chi connectivity index (χ0n) is 8.02. The summed E-state index contributed by atoms with van der Waals surface area (Å²) in [5.74, 6) is -0.172. The van der Waals surface area contributed by atoms with Gasteiger partial charge < -0.3 is 5.32 Å². The van der Waals surface area contributed by atoms with E-state index in [1.54, 1.807) is 6.07 Å². The minimum Gasteiger partial charge on any atom is -0.348 e. The maximum atomic E-state index is 11.7. The summed E-state index contributed by atoms with van der Waals surface area (Å²) in [4.78, 5) is 11.7. The molecular weight excluding hydrogens is 321 g/mol. The van der Waals surface area contributed by atoms with Gasteiger partial charge in [0.1, 0.15) is 4.34 Å². The molecule has 0 aromatic carbocycles. The Balaban J connectivity index is 2.72. The molecule has 1 aromatic heterocycles. The summed E-state index contributed by atoms with van der Waals surface area (Å²) in [7, 11) is 0. The molecule has 15 heavy (non-hydrogen) atoms. The van der Waals surface area contributed by atoms with Crippen LogP contribution in [-0.2, 0) is 0 Å². The SMILES string of the molecule is CCC(CBr)NC(=O)c1cc(Cl)sc1Cl. The van der Waals surface area contributed by atoms with Crippen molar-refractivity contribution in [1.29, 1.82) is 0 Å². The third-order valence-corrected chi connectivity index (χ3v) is 4.18. The highest BCUT2D eigenvalue weighted by Gasteiger charge is 2.16. The zero-order valence-corrected chi connectivity index (χ0v) is 11.9. The topological polar surface area (TPSA) is 29.1 Å². The van der Waals surface area contributed by atoms with E-state index in [4.69, 9.17) is 23.2 Å². The maximum Gasteiger partial charge on any atom is 0.253 e. The maximum absolute atomic E-state index is 11.7. The lowest BCUT2D eigenvalue weighted by atomic mass is 10.2. The van der Waals surface area contributed by atoms with Crippen molar-refractivity contribution in [2.24, 2.45) is 0 Å². The second-order valence-corrected chi connectivity index (χ2v) is 5.90. The molecule has 0 bridgehead atoms. The van der Waals surface area contributed by atoms with E-state index in [1.807, 2.05) is 6.92 Å². The minimum absolute atomic E-state index is 0.118. The van der Waals surface area contributed by atoms with E-state index in [2.05, 4.69) is 21.2 Å². The highest BCUT2D eigenvalue weighted by molar-refractivity contribution is 9.09. The van der Waals surface area contributed by atoms with Crippen LogP contribution in [0, 0.1) is 0 Å². The van der Waals surface area contributed by atoms with E-state index >= 15 is 0 Å². The van der Waals surface area contributed by atoms with Gasteiger partial charge in [0.15, 0.2) is 0 Å². The van der Waals surface area contributed by atoms with E-state index in [-0.39, 0.29) is 11.9 Å². The van der Waals surface area contributed by atoms with Crippen LogP contribution in [0.3, 0.4) is 0 Å². The largest absolute Gasteiger partial charge is 0.348 e. The van der Waals surface area contributed by atoms with Gasteiger partial charge in [-0.25, -0.2) is 0 Å². The Morgan fingerprint density at radius 3 is 2.73 bits per heavy atom. The highest BCUT2D eigenvalue weighted by atomic mass is 79.9. The summed E-state index contributed by atoms with van der Waals surface area (Å²) >= 11 is 16.2. The second-order valence-electron chi connectivity index (χ2n) is 2.97. The van der Waals surface area contributed by atoms with Gasteiger partial charge in [0, 0.05) is 11.4 Å². The fourth-order valence-corrected chi connectivity index (χ4v) is 3.09. The Kier molecular flexibility index (Phi) is 5.39. The third kappa shape index (κ3) is 3.63. The number of carbonyl (C=O) groups excluding carboxylic acids is 1. The predicted octanol–water partition coefficient (Wildman–Crippen LogP) is 3.96. The third-order valence-electron chi connectivity index (χ3n) is 1.92. The van der Waals surface area contributed by atoms with E-state index in [0.717, 1.165) is 11.8 Å². The van der Waals surface area contributed by atoms with Crippen molar-refractivity contribution >= 4 is 56.4 Å². The van der Waals surface area contributed by atoms with Crippen LogP contribution >= 0.6 is 50.5 Å². The van der Waals surface area contributed by atoms with Crippen molar-refractivity contribution in [3.63, 3.8) is 0 Å².